The zero-order valence-electron chi connectivity index (χ0n) is 45.6. The molecule has 382 valence electrons. The fourth-order valence-electron chi connectivity index (χ4n) is 13.6. The molecule has 0 aliphatic heterocycles. The Balaban J connectivity index is 1.10. The van der Waals surface area contributed by atoms with Gasteiger partial charge in [-0.05, 0) is 177 Å². The third-order valence-corrected chi connectivity index (χ3v) is 17.4. The molecule has 0 amide bonds. The van der Waals surface area contributed by atoms with E-state index in [9.17, 15) is 0 Å². The van der Waals surface area contributed by atoms with Gasteiger partial charge in [0.2, 0.25) is 0 Å². The van der Waals surface area contributed by atoms with Crippen LogP contribution in [0.5, 0.6) is 0 Å². The highest BCUT2D eigenvalue weighted by Gasteiger charge is 2.54. The highest BCUT2D eigenvalue weighted by Crippen LogP contribution is 2.67. The second-order valence-corrected chi connectivity index (χ2v) is 22.3. The maximum absolute atomic E-state index is 7.55. The Labute approximate surface area is 468 Å². The number of anilines is 6. The first-order valence-corrected chi connectivity index (χ1v) is 28.1. The SMILES string of the molecule is Cc1ccc(N(c2ccc(C)c(-c3ccccc3)c2)c2cc3c(c4oc5ccccc5c24)-c2c(cc(N(c4ccc(C(C)C)cc4)c4ccc(C)c(-c5ccccc5)c4)c4ccccc24)C32c3ccccc3-c3ccccc32)cc1. The van der Waals surface area contributed by atoms with Crippen LogP contribution >= 0.6 is 0 Å². The lowest BCUT2D eigenvalue weighted by molar-refractivity contribution is 0.669. The maximum atomic E-state index is 7.55. The third-order valence-electron chi connectivity index (χ3n) is 17.4. The molecule has 0 atom stereocenters. The molecule has 0 saturated heterocycles. The van der Waals surface area contributed by atoms with Gasteiger partial charge in [0, 0.05) is 39.1 Å². The minimum Gasteiger partial charge on any atom is -0.455 e. The summed E-state index contributed by atoms with van der Waals surface area (Å²) in [5.74, 6) is 0.391. The van der Waals surface area contributed by atoms with Crippen LogP contribution in [0.15, 0.2) is 259 Å². The lowest BCUT2D eigenvalue weighted by atomic mass is 9.70. The number of furan rings is 1. The van der Waals surface area contributed by atoms with E-state index in [1.807, 2.05) is 0 Å². The molecule has 2 aliphatic carbocycles. The maximum Gasteiger partial charge on any atom is 0.145 e. The summed E-state index contributed by atoms with van der Waals surface area (Å²) >= 11 is 0. The molecular weight excluding hydrogens is 969 g/mol. The smallest absolute Gasteiger partial charge is 0.145 e. The highest BCUT2D eigenvalue weighted by molar-refractivity contribution is 6.23. The number of para-hydroxylation sites is 1. The Kier molecular flexibility index (Phi) is 11.0. The molecule has 12 aromatic carbocycles. The van der Waals surface area contributed by atoms with Crippen LogP contribution in [0, 0.1) is 20.8 Å². The number of nitrogens with zero attached hydrogens (tertiary/aromatic N) is 2. The van der Waals surface area contributed by atoms with Crippen molar-refractivity contribution < 1.29 is 4.42 Å². The molecular formula is C77H58N2O. The molecule has 80 heavy (non-hydrogen) atoms. The Morgan fingerprint density at radius 2 is 0.825 bits per heavy atom. The van der Waals surface area contributed by atoms with Crippen molar-refractivity contribution in [1.29, 1.82) is 0 Å². The summed E-state index contributed by atoms with van der Waals surface area (Å²) in [6, 6.07) is 95.1. The van der Waals surface area contributed by atoms with E-state index in [2.05, 4.69) is 299 Å². The number of hydrogen-bond donors (Lipinski definition) is 0. The summed E-state index contributed by atoms with van der Waals surface area (Å²) in [4.78, 5) is 5.01. The largest absolute Gasteiger partial charge is 0.455 e. The lowest BCUT2D eigenvalue weighted by Gasteiger charge is -2.34. The Morgan fingerprint density at radius 3 is 1.41 bits per heavy atom. The second-order valence-electron chi connectivity index (χ2n) is 22.3. The van der Waals surface area contributed by atoms with Crippen molar-refractivity contribution in [2.75, 3.05) is 9.80 Å². The van der Waals surface area contributed by atoms with Gasteiger partial charge in [0.05, 0.1) is 22.2 Å². The number of fused-ring (bicyclic) bond motifs is 16. The van der Waals surface area contributed by atoms with Gasteiger partial charge in [-0.15, -0.1) is 0 Å². The van der Waals surface area contributed by atoms with Crippen LogP contribution in [-0.2, 0) is 5.41 Å². The second kappa shape index (κ2) is 18.5. The molecule has 0 bridgehead atoms. The number of aryl methyl sites for hydroxylation is 3. The quantitative estimate of drug-likeness (QED) is 0.144. The predicted molar refractivity (Wildman–Crippen MR) is 336 cm³/mol. The fraction of sp³-hybridized carbons (Fsp3) is 0.0909. The van der Waals surface area contributed by atoms with Gasteiger partial charge >= 0.3 is 0 Å². The van der Waals surface area contributed by atoms with Crippen LogP contribution in [0.4, 0.5) is 34.1 Å². The van der Waals surface area contributed by atoms with Crippen LogP contribution < -0.4 is 9.80 Å². The topological polar surface area (TPSA) is 19.6 Å². The molecule has 15 rings (SSSR count). The molecule has 13 aromatic rings. The van der Waals surface area contributed by atoms with Crippen molar-refractivity contribution in [3.05, 3.63) is 299 Å². The van der Waals surface area contributed by atoms with Crippen LogP contribution in [0.1, 0.15) is 64.3 Å². The van der Waals surface area contributed by atoms with Crippen LogP contribution in [0.3, 0.4) is 0 Å². The summed E-state index contributed by atoms with van der Waals surface area (Å²) in [6.45, 7) is 11.2. The monoisotopic (exact) mass is 1030 g/mol. The van der Waals surface area contributed by atoms with E-state index in [1.54, 1.807) is 0 Å². The Morgan fingerprint density at radius 1 is 0.362 bits per heavy atom. The van der Waals surface area contributed by atoms with E-state index >= 15 is 0 Å². The minimum atomic E-state index is -0.768. The van der Waals surface area contributed by atoms with Gasteiger partial charge in [-0.25, -0.2) is 0 Å². The normalized spacial score (nSPS) is 12.8. The van der Waals surface area contributed by atoms with E-state index in [0.29, 0.717) is 5.92 Å². The number of rotatable bonds is 9. The minimum absolute atomic E-state index is 0.391. The van der Waals surface area contributed by atoms with Crippen molar-refractivity contribution in [1.82, 2.24) is 0 Å². The van der Waals surface area contributed by atoms with Crippen LogP contribution in [0.25, 0.3) is 77.2 Å². The van der Waals surface area contributed by atoms with Gasteiger partial charge in [0.25, 0.3) is 0 Å². The fourth-order valence-corrected chi connectivity index (χ4v) is 13.6. The molecule has 0 fully saturated rings. The van der Waals surface area contributed by atoms with Gasteiger partial charge in [-0.3, -0.25) is 0 Å². The zero-order valence-corrected chi connectivity index (χ0v) is 45.6. The summed E-state index contributed by atoms with van der Waals surface area (Å²) in [5, 5.41) is 4.49. The molecule has 0 unspecified atom stereocenters. The number of benzene rings is 12. The van der Waals surface area contributed by atoms with E-state index in [0.717, 1.165) is 67.0 Å². The van der Waals surface area contributed by atoms with Gasteiger partial charge < -0.3 is 14.2 Å². The molecule has 3 nitrogen and oxygen atoms in total. The molecule has 1 aromatic heterocycles. The van der Waals surface area contributed by atoms with Gasteiger partial charge in [-0.1, -0.05) is 207 Å². The van der Waals surface area contributed by atoms with Crippen molar-refractivity contribution in [3.8, 4) is 44.5 Å². The standard InChI is InChI=1S/C77H58N2O/c1-48(2)52-36-42-56(43-37-52)78(57-40-34-50(4)64(44-57)53-20-8-6-9-21-53)70-46-68-73(62-27-13-12-26-61(62)70)75-69(77(68)66-29-17-14-24-59(66)60-25-15-18-30-67(60)77)47-71(74-63-28-16-19-31-72(63)80-76(74)75)79(55-38-32-49(3)33-39-55)58-41-35-51(5)65(45-58)54-22-10-7-11-23-54/h6-48H,1-5H3. The first-order chi connectivity index (χ1) is 39.3. The molecule has 0 saturated carbocycles. The first kappa shape index (κ1) is 47.5. The molecule has 0 N–H and O–H groups in total. The van der Waals surface area contributed by atoms with E-state index in [-0.39, 0.29) is 0 Å². The summed E-state index contributed by atoms with van der Waals surface area (Å²) in [6.07, 6.45) is 0. The molecule has 1 spiro atoms. The average Bonchev–Trinajstić information content (AvgIpc) is 3.89. The number of hydrogen-bond acceptors (Lipinski definition) is 3. The van der Waals surface area contributed by atoms with Crippen molar-refractivity contribution >= 4 is 66.8 Å². The predicted octanol–water partition coefficient (Wildman–Crippen LogP) is 21.4. The first-order valence-electron chi connectivity index (χ1n) is 28.1. The van der Waals surface area contributed by atoms with E-state index < -0.39 is 5.41 Å². The summed E-state index contributed by atoms with van der Waals surface area (Å²) in [5.41, 5.74) is 27.1. The summed E-state index contributed by atoms with van der Waals surface area (Å²) < 4.78 is 7.55. The van der Waals surface area contributed by atoms with Crippen molar-refractivity contribution in [3.63, 3.8) is 0 Å². The molecule has 2 aliphatic rings. The van der Waals surface area contributed by atoms with Crippen LogP contribution in [0.2, 0.25) is 0 Å². The molecule has 1 heterocycles. The lowest BCUT2D eigenvalue weighted by Crippen LogP contribution is -2.26. The summed E-state index contributed by atoms with van der Waals surface area (Å²) in [7, 11) is 0. The zero-order chi connectivity index (χ0) is 53.8. The van der Waals surface area contributed by atoms with Gasteiger partial charge in [0.15, 0.2) is 0 Å². The Bertz CT molecular complexity index is 4540. The third kappa shape index (κ3) is 7.13. The van der Waals surface area contributed by atoms with Crippen molar-refractivity contribution in [2.45, 2.75) is 46.0 Å². The van der Waals surface area contributed by atoms with Crippen LogP contribution in [-0.4, -0.2) is 0 Å². The van der Waals surface area contributed by atoms with E-state index in [1.165, 1.54) is 88.8 Å². The Hall–Kier alpha value is -9.70. The highest BCUT2D eigenvalue weighted by atomic mass is 16.3. The van der Waals surface area contributed by atoms with Gasteiger partial charge in [-0.2, -0.15) is 0 Å². The van der Waals surface area contributed by atoms with E-state index in [4.69, 9.17) is 4.42 Å². The van der Waals surface area contributed by atoms with Gasteiger partial charge in [0.1, 0.15) is 11.2 Å². The molecule has 0 radical (unpaired) electrons. The van der Waals surface area contributed by atoms with Crippen molar-refractivity contribution in [2.24, 2.45) is 0 Å². The average molecular weight is 1030 g/mol. The molecule has 3 heteroatoms.